The molecule has 3 rings (SSSR count). The summed E-state index contributed by atoms with van der Waals surface area (Å²) in [5, 5.41) is 7.86. The number of rotatable bonds is 5. The second kappa shape index (κ2) is 6.46. The molecule has 1 aromatic carbocycles. The molecule has 0 unspecified atom stereocenters. The minimum absolute atomic E-state index is 0.299. The summed E-state index contributed by atoms with van der Waals surface area (Å²) >= 11 is 0. The second-order valence-corrected chi connectivity index (χ2v) is 5.96. The normalized spacial score (nSPS) is 11.5. The van der Waals surface area contributed by atoms with Crippen LogP contribution < -0.4 is 5.32 Å². The van der Waals surface area contributed by atoms with E-state index < -0.39 is 5.54 Å². The van der Waals surface area contributed by atoms with Crippen LogP contribution in [0.25, 0.3) is 10.9 Å². The van der Waals surface area contributed by atoms with Gasteiger partial charge in [0.1, 0.15) is 18.0 Å². The number of benzene rings is 1. The van der Waals surface area contributed by atoms with Crippen LogP contribution >= 0.6 is 0 Å². The number of ether oxygens (including phenoxy) is 1. The molecular formula is C17H18FN5O2. The number of fused-ring (bicyclic) bond motifs is 1. The summed E-state index contributed by atoms with van der Waals surface area (Å²) < 4.78 is 20.1. The molecule has 3 aromatic rings. The number of nitrogens with zero attached hydrogens (tertiary/aromatic N) is 4. The molecule has 2 heterocycles. The van der Waals surface area contributed by atoms with Gasteiger partial charge < -0.3 is 10.1 Å². The van der Waals surface area contributed by atoms with E-state index in [9.17, 15) is 9.18 Å². The van der Waals surface area contributed by atoms with Crippen LogP contribution in [0.2, 0.25) is 0 Å². The maximum atomic E-state index is 13.5. The van der Waals surface area contributed by atoms with Gasteiger partial charge in [-0.1, -0.05) is 0 Å². The third kappa shape index (κ3) is 3.28. The van der Waals surface area contributed by atoms with E-state index in [0.717, 1.165) is 0 Å². The zero-order valence-corrected chi connectivity index (χ0v) is 14.2. The van der Waals surface area contributed by atoms with Crippen molar-refractivity contribution in [3.63, 3.8) is 0 Å². The number of hydrogen-bond donors (Lipinski definition) is 1. The van der Waals surface area contributed by atoms with E-state index in [0.29, 0.717) is 29.0 Å². The van der Waals surface area contributed by atoms with E-state index in [4.69, 9.17) is 4.74 Å². The minimum atomic E-state index is -0.949. The predicted molar refractivity (Wildman–Crippen MR) is 91.0 cm³/mol. The number of carbonyl (C=O) groups excluding carboxylic acids is 1. The molecule has 0 amide bonds. The summed E-state index contributed by atoms with van der Waals surface area (Å²) in [4.78, 5) is 20.4. The first-order chi connectivity index (χ1) is 11.9. The maximum Gasteiger partial charge on any atom is 0.333 e. The standard InChI is InChI=1S/C17H18FN5O2/c1-4-25-16(24)17(2,3)23-9-12(8-21-23)22-15-13-7-11(18)5-6-14(13)19-10-20-15/h5-10H,4H2,1-3H3,(H,19,20,22). The van der Waals surface area contributed by atoms with Crippen LogP contribution in [0.15, 0.2) is 36.9 Å². The van der Waals surface area contributed by atoms with Crippen LogP contribution in [-0.4, -0.2) is 32.3 Å². The average Bonchev–Trinajstić information content (AvgIpc) is 3.05. The molecular weight excluding hydrogens is 325 g/mol. The molecule has 0 saturated carbocycles. The first kappa shape index (κ1) is 16.8. The van der Waals surface area contributed by atoms with E-state index in [1.165, 1.54) is 23.1 Å². The van der Waals surface area contributed by atoms with E-state index in [2.05, 4.69) is 20.4 Å². The Balaban J connectivity index is 1.90. The van der Waals surface area contributed by atoms with Crippen LogP contribution in [0, 0.1) is 5.82 Å². The molecule has 0 atom stereocenters. The quantitative estimate of drug-likeness (QED) is 0.717. The molecule has 0 saturated heterocycles. The predicted octanol–water partition coefficient (Wildman–Crippen LogP) is 3.01. The Hall–Kier alpha value is -3.03. The first-order valence-corrected chi connectivity index (χ1v) is 7.81. The van der Waals surface area contributed by atoms with Gasteiger partial charge in [-0.25, -0.2) is 19.2 Å². The lowest BCUT2D eigenvalue weighted by atomic mass is 10.1. The van der Waals surface area contributed by atoms with Crippen molar-refractivity contribution in [2.24, 2.45) is 0 Å². The van der Waals surface area contributed by atoms with Gasteiger partial charge in [0.15, 0.2) is 5.54 Å². The third-order valence-electron chi connectivity index (χ3n) is 3.79. The molecule has 0 radical (unpaired) electrons. The Labute approximate surface area is 143 Å². The zero-order chi connectivity index (χ0) is 18.0. The monoisotopic (exact) mass is 343 g/mol. The summed E-state index contributed by atoms with van der Waals surface area (Å²) in [7, 11) is 0. The lowest BCUT2D eigenvalue weighted by molar-refractivity contribution is -0.152. The number of aromatic nitrogens is 4. The summed E-state index contributed by atoms with van der Waals surface area (Å²) in [6.45, 7) is 5.49. The van der Waals surface area contributed by atoms with Crippen LogP contribution in [0.1, 0.15) is 20.8 Å². The molecule has 0 spiro atoms. The van der Waals surface area contributed by atoms with Gasteiger partial charge in [-0.2, -0.15) is 5.10 Å². The van der Waals surface area contributed by atoms with E-state index in [-0.39, 0.29) is 11.8 Å². The number of carbonyl (C=O) groups is 1. The van der Waals surface area contributed by atoms with Crippen molar-refractivity contribution in [2.45, 2.75) is 26.3 Å². The van der Waals surface area contributed by atoms with Crippen molar-refractivity contribution in [1.29, 1.82) is 0 Å². The first-order valence-electron chi connectivity index (χ1n) is 7.81. The topological polar surface area (TPSA) is 81.9 Å². The molecule has 0 aliphatic carbocycles. The van der Waals surface area contributed by atoms with Gasteiger partial charge in [0.2, 0.25) is 0 Å². The molecule has 7 nitrogen and oxygen atoms in total. The SMILES string of the molecule is CCOC(=O)C(C)(C)n1cc(Nc2ncnc3ccc(F)cc23)cn1. The molecule has 1 N–H and O–H groups in total. The molecule has 0 bridgehead atoms. The van der Waals surface area contributed by atoms with Gasteiger partial charge >= 0.3 is 5.97 Å². The summed E-state index contributed by atoms with van der Waals surface area (Å²) in [5.74, 6) is -0.290. The van der Waals surface area contributed by atoms with Gasteiger partial charge in [-0.15, -0.1) is 0 Å². The fourth-order valence-corrected chi connectivity index (χ4v) is 2.36. The minimum Gasteiger partial charge on any atom is -0.464 e. The zero-order valence-electron chi connectivity index (χ0n) is 14.2. The van der Waals surface area contributed by atoms with Gasteiger partial charge in [-0.05, 0) is 39.0 Å². The van der Waals surface area contributed by atoms with Crippen molar-refractivity contribution in [3.05, 3.63) is 42.7 Å². The van der Waals surface area contributed by atoms with E-state index in [1.807, 2.05) is 0 Å². The number of halogens is 1. The smallest absolute Gasteiger partial charge is 0.333 e. The van der Waals surface area contributed by atoms with Crippen molar-refractivity contribution >= 4 is 28.4 Å². The van der Waals surface area contributed by atoms with Gasteiger partial charge in [0.25, 0.3) is 0 Å². The third-order valence-corrected chi connectivity index (χ3v) is 3.79. The lowest BCUT2D eigenvalue weighted by Gasteiger charge is -2.22. The molecule has 0 fully saturated rings. The largest absolute Gasteiger partial charge is 0.464 e. The Kier molecular flexibility index (Phi) is 4.35. The number of nitrogens with one attached hydrogen (secondary N) is 1. The fraction of sp³-hybridized carbons (Fsp3) is 0.294. The second-order valence-electron chi connectivity index (χ2n) is 5.96. The van der Waals surface area contributed by atoms with Crippen LogP contribution in [0.4, 0.5) is 15.9 Å². The van der Waals surface area contributed by atoms with Crippen molar-refractivity contribution in [3.8, 4) is 0 Å². The highest BCUT2D eigenvalue weighted by Crippen LogP contribution is 2.25. The average molecular weight is 343 g/mol. The van der Waals surface area contributed by atoms with Crippen LogP contribution in [0.5, 0.6) is 0 Å². The van der Waals surface area contributed by atoms with Crippen molar-refractivity contribution in [2.75, 3.05) is 11.9 Å². The summed E-state index contributed by atoms with van der Waals surface area (Å²) in [6, 6.07) is 4.30. The highest BCUT2D eigenvalue weighted by molar-refractivity contribution is 5.90. The Morgan fingerprint density at radius 1 is 1.36 bits per heavy atom. The number of hydrogen-bond acceptors (Lipinski definition) is 6. The number of esters is 1. The van der Waals surface area contributed by atoms with Crippen molar-refractivity contribution in [1.82, 2.24) is 19.7 Å². The van der Waals surface area contributed by atoms with Gasteiger partial charge in [-0.3, -0.25) is 4.68 Å². The Morgan fingerprint density at radius 3 is 2.92 bits per heavy atom. The molecule has 0 aliphatic heterocycles. The van der Waals surface area contributed by atoms with E-state index in [1.54, 1.807) is 39.2 Å². The van der Waals surface area contributed by atoms with Gasteiger partial charge in [0.05, 0.1) is 24.0 Å². The Bertz CT molecular complexity index is 922. The van der Waals surface area contributed by atoms with Crippen LogP contribution in [-0.2, 0) is 15.1 Å². The van der Waals surface area contributed by atoms with Crippen molar-refractivity contribution < 1.29 is 13.9 Å². The summed E-state index contributed by atoms with van der Waals surface area (Å²) in [6.07, 6.45) is 4.63. The highest BCUT2D eigenvalue weighted by atomic mass is 19.1. The molecule has 2 aromatic heterocycles. The molecule has 130 valence electrons. The summed E-state index contributed by atoms with van der Waals surface area (Å²) in [5.41, 5.74) is 0.287. The van der Waals surface area contributed by atoms with E-state index >= 15 is 0 Å². The van der Waals surface area contributed by atoms with Gasteiger partial charge in [0, 0.05) is 11.6 Å². The fourth-order valence-electron chi connectivity index (χ4n) is 2.36. The number of anilines is 2. The Morgan fingerprint density at radius 2 is 2.16 bits per heavy atom. The molecule has 25 heavy (non-hydrogen) atoms. The van der Waals surface area contributed by atoms with Crippen LogP contribution in [0.3, 0.4) is 0 Å². The maximum absolute atomic E-state index is 13.5. The lowest BCUT2D eigenvalue weighted by Crippen LogP contribution is -2.37. The molecule has 0 aliphatic rings. The molecule has 8 heteroatoms. The highest BCUT2D eigenvalue weighted by Gasteiger charge is 2.32.